The molecule has 1 aromatic heterocycles. The number of amides is 2. The van der Waals surface area contributed by atoms with E-state index < -0.39 is 0 Å². The van der Waals surface area contributed by atoms with Gasteiger partial charge in [0.15, 0.2) is 0 Å². The van der Waals surface area contributed by atoms with Gasteiger partial charge in [0.25, 0.3) is 0 Å². The lowest BCUT2D eigenvalue weighted by molar-refractivity contribution is 0.0209. The molecule has 1 aromatic rings. The van der Waals surface area contributed by atoms with Crippen LogP contribution in [-0.2, 0) is 11.3 Å². The molecule has 1 fully saturated rings. The van der Waals surface area contributed by atoms with E-state index >= 15 is 0 Å². The minimum Gasteiger partial charge on any atom is -0.379 e. The molecule has 0 bridgehead atoms. The van der Waals surface area contributed by atoms with Crippen molar-refractivity contribution in [2.24, 2.45) is 0 Å². The summed E-state index contributed by atoms with van der Waals surface area (Å²) < 4.78 is 6.05. The van der Waals surface area contributed by atoms with Crippen molar-refractivity contribution >= 4 is 29.0 Å². The van der Waals surface area contributed by atoms with Crippen LogP contribution in [0.3, 0.4) is 0 Å². The Kier molecular flexibility index (Phi) is 6.09. The van der Waals surface area contributed by atoms with Crippen molar-refractivity contribution in [3.05, 3.63) is 21.3 Å². The summed E-state index contributed by atoms with van der Waals surface area (Å²) in [5.74, 6) is 0. The average molecular weight is 318 g/mol. The maximum atomic E-state index is 11.7. The first-order valence-electron chi connectivity index (χ1n) is 6.73. The van der Waals surface area contributed by atoms with Crippen LogP contribution in [0, 0.1) is 0 Å². The summed E-state index contributed by atoms with van der Waals surface area (Å²) >= 11 is 7.32. The van der Waals surface area contributed by atoms with Gasteiger partial charge in [-0.3, -0.25) is 4.90 Å². The minimum absolute atomic E-state index is 0.144. The van der Waals surface area contributed by atoms with Gasteiger partial charge in [-0.15, -0.1) is 11.3 Å². The zero-order valence-corrected chi connectivity index (χ0v) is 13.1. The number of carbonyl (C=O) groups is 1. The molecular formula is C13H20ClN3O2S. The summed E-state index contributed by atoms with van der Waals surface area (Å²) in [6, 6.07) is 3.93. The van der Waals surface area contributed by atoms with Crippen molar-refractivity contribution in [3.63, 3.8) is 0 Å². The average Bonchev–Trinajstić information content (AvgIpc) is 2.89. The van der Waals surface area contributed by atoms with Gasteiger partial charge in [0, 0.05) is 30.6 Å². The van der Waals surface area contributed by atoms with Crippen LogP contribution in [0.1, 0.15) is 11.8 Å². The summed E-state index contributed by atoms with van der Waals surface area (Å²) in [5.41, 5.74) is 0. The molecule has 2 N–H and O–H groups in total. The SMILES string of the molecule is CC(CNC(=O)NCc1ccc(Cl)s1)N1CCOCC1. The summed E-state index contributed by atoms with van der Waals surface area (Å²) in [4.78, 5) is 15.1. The van der Waals surface area contributed by atoms with Crippen LogP contribution in [-0.4, -0.2) is 49.8 Å². The van der Waals surface area contributed by atoms with E-state index in [9.17, 15) is 4.79 Å². The number of hydrogen-bond donors (Lipinski definition) is 2. The standard InChI is InChI=1S/C13H20ClN3O2S/c1-10(17-4-6-19-7-5-17)8-15-13(18)16-9-11-2-3-12(14)20-11/h2-3,10H,4-9H2,1H3,(H2,15,16,18). The molecule has 5 nitrogen and oxygen atoms in total. The highest BCUT2D eigenvalue weighted by Crippen LogP contribution is 2.20. The second-order valence-electron chi connectivity index (χ2n) is 4.77. The number of carbonyl (C=O) groups excluding carboxylic acids is 1. The Morgan fingerprint density at radius 1 is 1.45 bits per heavy atom. The lowest BCUT2D eigenvalue weighted by Crippen LogP contribution is -2.48. The van der Waals surface area contributed by atoms with Crippen LogP contribution in [0.2, 0.25) is 4.34 Å². The molecule has 2 heterocycles. The zero-order chi connectivity index (χ0) is 14.4. The Morgan fingerprint density at radius 2 is 2.20 bits per heavy atom. The van der Waals surface area contributed by atoms with Crippen LogP contribution in [0.15, 0.2) is 12.1 Å². The van der Waals surface area contributed by atoms with Gasteiger partial charge in [-0.1, -0.05) is 11.6 Å². The summed E-state index contributed by atoms with van der Waals surface area (Å²) in [6.45, 7) is 6.67. The van der Waals surface area contributed by atoms with E-state index in [1.54, 1.807) is 0 Å². The van der Waals surface area contributed by atoms with Crippen molar-refractivity contribution in [2.45, 2.75) is 19.5 Å². The number of nitrogens with zero attached hydrogens (tertiary/aromatic N) is 1. The van der Waals surface area contributed by atoms with Crippen LogP contribution in [0.5, 0.6) is 0 Å². The number of morpholine rings is 1. The van der Waals surface area contributed by atoms with E-state index in [-0.39, 0.29) is 6.03 Å². The van der Waals surface area contributed by atoms with E-state index in [0.29, 0.717) is 19.1 Å². The highest BCUT2D eigenvalue weighted by atomic mass is 35.5. The Balaban J connectivity index is 1.64. The maximum Gasteiger partial charge on any atom is 0.315 e. The van der Waals surface area contributed by atoms with Gasteiger partial charge in [-0.25, -0.2) is 4.79 Å². The van der Waals surface area contributed by atoms with Crippen molar-refractivity contribution in [3.8, 4) is 0 Å². The fourth-order valence-corrected chi connectivity index (χ4v) is 3.09. The maximum absolute atomic E-state index is 11.7. The Morgan fingerprint density at radius 3 is 2.85 bits per heavy atom. The smallest absolute Gasteiger partial charge is 0.315 e. The van der Waals surface area contributed by atoms with E-state index in [2.05, 4.69) is 22.5 Å². The van der Waals surface area contributed by atoms with Gasteiger partial charge in [-0.05, 0) is 19.1 Å². The molecule has 0 aromatic carbocycles. The van der Waals surface area contributed by atoms with Crippen molar-refractivity contribution in [1.29, 1.82) is 0 Å². The lowest BCUT2D eigenvalue weighted by atomic mass is 10.2. The first-order valence-corrected chi connectivity index (χ1v) is 7.92. The second kappa shape index (κ2) is 7.83. The lowest BCUT2D eigenvalue weighted by Gasteiger charge is -2.32. The number of halogens is 1. The molecule has 0 saturated carbocycles. The van der Waals surface area contributed by atoms with Crippen molar-refractivity contribution in [2.75, 3.05) is 32.8 Å². The number of ether oxygens (including phenoxy) is 1. The zero-order valence-electron chi connectivity index (χ0n) is 11.5. The second-order valence-corrected chi connectivity index (χ2v) is 6.57. The monoisotopic (exact) mass is 317 g/mol. The predicted molar refractivity (Wildman–Crippen MR) is 81.4 cm³/mol. The van der Waals surface area contributed by atoms with Gasteiger partial charge < -0.3 is 15.4 Å². The predicted octanol–water partition coefficient (Wildman–Crippen LogP) is 1.92. The summed E-state index contributed by atoms with van der Waals surface area (Å²) in [6.07, 6.45) is 0. The number of urea groups is 1. The third kappa shape index (κ3) is 4.94. The highest BCUT2D eigenvalue weighted by molar-refractivity contribution is 7.16. The third-order valence-corrected chi connectivity index (χ3v) is 4.51. The number of rotatable bonds is 5. The summed E-state index contributed by atoms with van der Waals surface area (Å²) in [7, 11) is 0. The number of nitrogens with one attached hydrogen (secondary N) is 2. The van der Waals surface area contributed by atoms with E-state index in [0.717, 1.165) is 35.5 Å². The molecule has 2 amide bonds. The molecule has 0 radical (unpaired) electrons. The van der Waals surface area contributed by atoms with Gasteiger partial charge in [0.1, 0.15) is 0 Å². The third-order valence-electron chi connectivity index (χ3n) is 3.28. The molecule has 1 atom stereocenters. The molecule has 1 unspecified atom stereocenters. The Bertz CT molecular complexity index is 435. The van der Waals surface area contributed by atoms with Crippen molar-refractivity contribution in [1.82, 2.24) is 15.5 Å². The first kappa shape index (κ1) is 15.6. The normalized spacial score (nSPS) is 17.7. The summed E-state index contributed by atoms with van der Waals surface area (Å²) in [5, 5.41) is 5.72. The largest absolute Gasteiger partial charge is 0.379 e. The van der Waals surface area contributed by atoms with Gasteiger partial charge in [0.05, 0.1) is 24.1 Å². The van der Waals surface area contributed by atoms with E-state index in [4.69, 9.17) is 16.3 Å². The van der Waals surface area contributed by atoms with Gasteiger partial charge in [0.2, 0.25) is 0 Å². The molecule has 0 spiro atoms. The highest BCUT2D eigenvalue weighted by Gasteiger charge is 2.17. The molecule has 1 aliphatic rings. The molecular weight excluding hydrogens is 298 g/mol. The number of thiophene rings is 1. The molecule has 1 aliphatic heterocycles. The molecule has 7 heteroatoms. The van der Waals surface area contributed by atoms with Crippen LogP contribution < -0.4 is 10.6 Å². The van der Waals surface area contributed by atoms with Crippen molar-refractivity contribution < 1.29 is 9.53 Å². The van der Waals surface area contributed by atoms with E-state index in [1.807, 2.05) is 12.1 Å². The quantitative estimate of drug-likeness (QED) is 0.872. The van der Waals surface area contributed by atoms with Gasteiger partial charge in [-0.2, -0.15) is 0 Å². The van der Waals surface area contributed by atoms with Gasteiger partial charge >= 0.3 is 6.03 Å². The molecule has 20 heavy (non-hydrogen) atoms. The van der Waals surface area contributed by atoms with Crippen LogP contribution >= 0.6 is 22.9 Å². The number of hydrogen-bond acceptors (Lipinski definition) is 4. The van der Waals surface area contributed by atoms with Crippen LogP contribution in [0.4, 0.5) is 4.79 Å². The Labute approximate surface area is 128 Å². The Hall–Kier alpha value is -0.820. The minimum atomic E-state index is -0.144. The molecule has 112 valence electrons. The molecule has 2 rings (SSSR count). The molecule has 1 saturated heterocycles. The fourth-order valence-electron chi connectivity index (χ4n) is 2.06. The fraction of sp³-hybridized carbons (Fsp3) is 0.615. The molecule has 0 aliphatic carbocycles. The topological polar surface area (TPSA) is 53.6 Å². The van der Waals surface area contributed by atoms with Crippen LogP contribution in [0.25, 0.3) is 0 Å². The van der Waals surface area contributed by atoms with E-state index in [1.165, 1.54) is 11.3 Å². The first-order chi connectivity index (χ1) is 9.65.